The van der Waals surface area contributed by atoms with E-state index < -0.39 is 25.8 Å². The van der Waals surface area contributed by atoms with Crippen LogP contribution in [0.5, 0.6) is 5.75 Å². The van der Waals surface area contributed by atoms with Crippen molar-refractivity contribution < 1.29 is 47.9 Å². The fourth-order valence-corrected chi connectivity index (χ4v) is 8.23. The number of rotatable bonds is 17. The Kier molecular flexibility index (Phi) is 17.1. The van der Waals surface area contributed by atoms with Crippen LogP contribution < -0.4 is 4.52 Å². The summed E-state index contributed by atoms with van der Waals surface area (Å²) in [5, 5.41) is 20.0. The molecule has 2 heterocycles. The van der Waals surface area contributed by atoms with Gasteiger partial charge < -0.3 is 19.5 Å². The summed E-state index contributed by atoms with van der Waals surface area (Å²) in [4.78, 5) is 70.0. The first-order valence-corrected chi connectivity index (χ1v) is 20.7. The molecule has 310 valence electrons. The van der Waals surface area contributed by atoms with Gasteiger partial charge in [-0.15, -0.1) is 0 Å². The number of aldehydes is 2. The predicted molar refractivity (Wildman–Crippen MR) is 216 cm³/mol. The van der Waals surface area contributed by atoms with Crippen LogP contribution in [0.25, 0.3) is 11.1 Å². The first-order chi connectivity index (χ1) is 27.1. The monoisotopic (exact) mass is 809 g/mol. The summed E-state index contributed by atoms with van der Waals surface area (Å²) in [6.45, 7) is 12.9. The largest absolute Gasteiger partial charge is 0.527 e. The van der Waals surface area contributed by atoms with E-state index in [4.69, 9.17) is 9.05 Å². The van der Waals surface area contributed by atoms with Crippen molar-refractivity contribution in [3.63, 3.8) is 0 Å². The van der Waals surface area contributed by atoms with Gasteiger partial charge in [-0.05, 0) is 105 Å². The van der Waals surface area contributed by atoms with E-state index in [-0.39, 0.29) is 57.9 Å². The smallest absolute Gasteiger partial charge is 0.480 e. The van der Waals surface area contributed by atoms with Crippen molar-refractivity contribution in [2.45, 2.75) is 60.0 Å². The number of aliphatic carboxylic acids is 2. The number of hydrogen-bond acceptors (Lipinski definition) is 12. The Morgan fingerprint density at radius 1 is 0.842 bits per heavy atom. The number of carboxylic acids is 2. The molecule has 0 radical (unpaired) electrons. The molecule has 16 heteroatoms. The normalized spacial score (nSPS) is 17.2. The molecule has 1 unspecified atom stereocenters. The van der Waals surface area contributed by atoms with Crippen molar-refractivity contribution in [3.05, 3.63) is 81.7 Å². The first-order valence-electron chi connectivity index (χ1n) is 19.2. The zero-order valence-corrected chi connectivity index (χ0v) is 34.5. The molecule has 1 saturated heterocycles. The Balaban J connectivity index is 1.41. The van der Waals surface area contributed by atoms with Crippen molar-refractivity contribution in [2.24, 2.45) is 0 Å². The van der Waals surface area contributed by atoms with E-state index in [1.165, 1.54) is 5.56 Å². The third-order valence-electron chi connectivity index (χ3n) is 10.2. The van der Waals surface area contributed by atoms with Crippen LogP contribution in [0.15, 0.2) is 42.5 Å². The number of carboxylic acid groups (broad SMARTS) is 2. The fraction of sp³-hybridized carbons (Fsp3) is 0.488. The lowest BCUT2D eigenvalue weighted by Gasteiger charge is -2.35. The van der Waals surface area contributed by atoms with Gasteiger partial charge >= 0.3 is 19.8 Å². The molecule has 4 rings (SSSR count). The van der Waals surface area contributed by atoms with Crippen molar-refractivity contribution in [1.29, 1.82) is 0 Å². The van der Waals surface area contributed by atoms with Gasteiger partial charge in [0, 0.05) is 58.9 Å². The first kappa shape index (κ1) is 45.4. The van der Waals surface area contributed by atoms with E-state index in [0.717, 1.165) is 34.1 Å². The van der Waals surface area contributed by atoms with E-state index in [9.17, 15) is 38.8 Å². The SMILES string of the molecule is Cc1cc(C)c(-c2cc(C)c(OP(=O)(O)OCCC[C@H](C(=O)O)N3CCN(CC=O)CCN(Cc4cccc(C=O)n4)CCN(CC(=O)O)CC3)cc2C)c(C)c1. The van der Waals surface area contributed by atoms with Crippen LogP contribution in [0.3, 0.4) is 0 Å². The van der Waals surface area contributed by atoms with Gasteiger partial charge in [-0.2, -0.15) is 0 Å². The Bertz CT molecular complexity index is 1900. The van der Waals surface area contributed by atoms with Crippen LogP contribution in [0.4, 0.5) is 0 Å². The molecule has 57 heavy (non-hydrogen) atoms. The minimum absolute atomic E-state index is 0.0741. The van der Waals surface area contributed by atoms with E-state index in [0.29, 0.717) is 62.5 Å². The summed E-state index contributed by atoms with van der Waals surface area (Å²) in [6.07, 6.45) is 1.67. The topological polar surface area (TPSA) is 190 Å². The van der Waals surface area contributed by atoms with Gasteiger partial charge in [-0.3, -0.25) is 43.4 Å². The Morgan fingerprint density at radius 2 is 1.47 bits per heavy atom. The molecule has 1 aliphatic heterocycles. The molecule has 0 bridgehead atoms. The summed E-state index contributed by atoms with van der Waals surface area (Å²) >= 11 is 0. The molecule has 1 aromatic heterocycles. The number of hydrogen-bond donors (Lipinski definition) is 3. The lowest BCUT2D eigenvalue weighted by atomic mass is 9.90. The van der Waals surface area contributed by atoms with Crippen LogP contribution in [-0.4, -0.2) is 142 Å². The zero-order valence-electron chi connectivity index (χ0n) is 33.6. The molecule has 0 amide bonds. The van der Waals surface area contributed by atoms with Crippen molar-refractivity contribution in [3.8, 4) is 16.9 Å². The van der Waals surface area contributed by atoms with Gasteiger partial charge in [-0.1, -0.05) is 23.8 Å². The second-order valence-electron chi connectivity index (χ2n) is 14.7. The molecule has 2 atom stereocenters. The average molecular weight is 810 g/mol. The van der Waals surface area contributed by atoms with Gasteiger partial charge in [-0.25, -0.2) is 9.55 Å². The summed E-state index contributed by atoms with van der Waals surface area (Å²) in [7, 11) is -4.58. The molecule has 3 N–H and O–H groups in total. The standard InChI is InChI=1S/C41H56N5O10P/c1-29-22-32(4)40(33(5)23-29)36-24-31(3)38(25-30(36)2)56-57(53,54)55-21-7-10-37(41(51)52)46-17-15-43(19-20-47)11-12-44(13-14-45(16-18-46)27-39(49)50)26-34-8-6-9-35(28-48)42-34/h6,8-9,20,22-25,28,37H,7,10-19,21,26-27H2,1-5H3,(H,49,50)(H,51,52)(H,53,54)/t37-/m1/s1. The molecule has 2 aromatic carbocycles. The molecule has 1 fully saturated rings. The Morgan fingerprint density at radius 3 is 2.11 bits per heavy atom. The average Bonchev–Trinajstić information content (AvgIpc) is 3.13. The number of pyridine rings is 1. The third kappa shape index (κ3) is 13.9. The lowest BCUT2D eigenvalue weighted by molar-refractivity contribution is -0.144. The summed E-state index contributed by atoms with van der Waals surface area (Å²) in [6, 6.07) is 12.1. The van der Waals surface area contributed by atoms with E-state index in [1.54, 1.807) is 34.9 Å². The van der Waals surface area contributed by atoms with Crippen LogP contribution in [-0.2, 0) is 30.0 Å². The van der Waals surface area contributed by atoms with Gasteiger partial charge in [0.05, 0.1) is 25.4 Å². The molecule has 3 aromatic rings. The minimum atomic E-state index is -4.58. The molecular formula is C41H56N5O10P. The van der Waals surface area contributed by atoms with Crippen LogP contribution in [0, 0.1) is 34.6 Å². The van der Waals surface area contributed by atoms with Crippen LogP contribution in [0.2, 0.25) is 0 Å². The molecule has 1 aliphatic rings. The van der Waals surface area contributed by atoms with Crippen molar-refractivity contribution in [2.75, 3.05) is 72.1 Å². The lowest BCUT2D eigenvalue weighted by Crippen LogP contribution is -2.51. The van der Waals surface area contributed by atoms with E-state index >= 15 is 0 Å². The number of benzene rings is 2. The van der Waals surface area contributed by atoms with Crippen LogP contribution >= 0.6 is 7.82 Å². The van der Waals surface area contributed by atoms with Gasteiger partial charge in [0.15, 0.2) is 6.29 Å². The second kappa shape index (κ2) is 21.4. The van der Waals surface area contributed by atoms with Crippen molar-refractivity contribution in [1.82, 2.24) is 24.6 Å². The molecule has 0 saturated carbocycles. The molecule has 0 spiro atoms. The summed E-state index contributed by atoms with van der Waals surface area (Å²) in [5.74, 6) is -1.90. The maximum Gasteiger partial charge on any atom is 0.527 e. The maximum absolute atomic E-state index is 13.1. The number of nitrogens with zero attached hydrogens (tertiary/aromatic N) is 5. The van der Waals surface area contributed by atoms with Gasteiger partial charge in [0.25, 0.3) is 0 Å². The Hall–Kier alpha value is -4.34. The van der Waals surface area contributed by atoms with E-state index in [1.807, 2.05) is 24.0 Å². The Labute approximate surface area is 334 Å². The number of aryl methyl sites for hydroxylation is 5. The number of phosphoric acid groups is 1. The highest BCUT2D eigenvalue weighted by atomic mass is 31.2. The van der Waals surface area contributed by atoms with Gasteiger partial charge in [0.1, 0.15) is 23.8 Å². The summed E-state index contributed by atoms with van der Waals surface area (Å²) in [5.41, 5.74) is 8.05. The highest BCUT2D eigenvalue weighted by molar-refractivity contribution is 7.47. The number of carbonyl (C=O) groups is 4. The predicted octanol–water partition coefficient (Wildman–Crippen LogP) is 4.54. The quantitative estimate of drug-likeness (QED) is 0.0979. The van der Waals surface area contributed by atoms with Crippen LogP contribution in [0.1, 0.15) is 56.8 Å². The molecule has 0 aliphatic carbocycles. The highest BCUT2D eigenvalue weighted by Crippen LogP contribution is 2.46. The van der Waals surface area contributed by atoms with Crippen molar-refractivity contribution >= 4 is 32.3 Å². The number of aromatic nitrogens is 1. The number of carbonyl (C=O) groups excluding carboxylic acids is 2. The summed E-state index contributed by atoms with van der Waals surface area (Å²) < 4.78 is 23.9. The zero-order chi connectivity index (χ0) is 41.7. The highest BCUT2D eigenvalue weighted by Gasteiger charge is 2.29. The third-order valence-corrected chi connectivity index (χ3v) is 11.1. The second-order valence-corrected chi connectivity index (χ2v) is 16.1. The number of phosphoric ester groups is 1. The molecular weight excluding hydrogens is 753 g/mol. The van der Waals surface area contributed by atoms with E-state index in [2.05, 4.69) is 42.8 Å². The van der Waals surface area contributed by atoms with Gasteiger partial charge in [0.2, 0.25) is 0 Å². The fourth-order valence-electron chi connectivity index (χ4n) is 7.37. The molecule has 15 nitrogen and oxygen atoms in total. The minimum Gasteiger partial charge on any atom is -0.480 e. The maximum atomic E-state index is 13.1.